The van der Waals surface area contributed by atoms with Gasteiger partial charge in [-0.3, -0.25) is 4.79 Å². The van der Waals surface area contributed by atoms with Crippen LogP contribution in [0.2, 0.25) is 0 Å². The van der Waals surface area contributed by atoms with Crippen molar-refractivity contribution in [1.29, 1.82) is 5.26 Å². The molecule has 0 aliphatic carbocycles. The van der Waals surface area contributed by atoms with Crippen molar-refractivity contribution in [1.82, 2.24) is 14.9 Å². The average molecular weight is 297 g/mol. The molecule has 6 nitrogen and oxygen atoms in total. The number of fused-ring (bicyclic) bond motifs is 1. The molecule has 1 amide bonds. The van der Waals surface area contributed by atoms with Gasteiger partial charge < -0.3 is 10.6 Å². The summed E-state index contributed by atoms with van der Waals surface area (Å²) in [7, 11) is 0. The quantitative estimate of drug-likeness (QED) is 0.856. The zero-order valence-electron chi connectivity index (χ0n) is 11.6. The highest BCUT2D eigenvalue weighted by molar-refractivity contribution is 5.76. The number of carbonyl (C=O) groups is 1. The van der Waals surface area contributed by atoms with E-state index in [4.69, 9.17) is 11.0 Å². The second kappa shape index (κ2) is 5.41. The van der Waals surface area contributed by atoms with Crippen LogP contribution in [0.3, 0.4) is 0 Å². The van der Waals surface area contributed by atoms with Crippen LogP contribution in [0.5, 0.6) is 0 Å². The molecule has 2 aromatic rings. The average Bonchev–Trinajstić information content (AvgIpc) is 2.89. The van der Waals surface area contributed by atoms with Crippen LogP contribution in [0.1, 0.15) is 17.1 Å². The summed E-state index contributed by atoms with van der Waals surface area (Å²) >= 11 is 0. The first kappa shape index (κ1) is 13.9. The number of aromatic nitrogens is 2. The molecule has 0 spiro atoms. The zero-order chi connectivity index (χ0) is 15.7. The number of hydrogen-bond acceptors (Lipinski definition) is 5. The first-order valence-corrected chi connectivity index (χ1v) is 6.64. The second-order valence-corrected chi connectivity index (χ2v) is 5.02. The molecule has 1 aromatic heterocycles. The summed E-state index contributed by atoms with van der Waals surface area (Å²) < 4.78 is 13.1. The predicted octanol–water partition coefficient (Wildman–Crippen LogP) is 1.11. The second-order valence-electron chi connectivity index (χ2n) is 5.02. The Bertz CT molecular complexity index is 782. The number of nitrogens with zero attached hydrogens (tertiary/aromatic N) is 4. The minimum Gasteiger partial charge on any atom is -0.369 e. The summed E-state index contributed by atoms with van der Waals surface area (Å²) in [5, 5.41) is 9.05. The van der Waals surface area contributed by atoms with E-state index in [0.717, 1.165) is 5.56 Å². The fourth-order valence-corrected chi connectivity index (χ4v) is 2.46. The lowest BCUT2D eigenvalue weighted by Gasteiger charge is -2.09. The molecule has 0 fully saturated rings. The molecular weight excluding hydrogens is 285 g/mol. The lowest BCUT2D eigenvalue weighted by molar-refractivity contribution is -0.117. The zero-order valence-corrected chi connectivity index (χ0v) is 11.6. The molecule has 1 aliphatic rings. The highest BCUT2D eigenvalue weighted by Gasteiger charge is 2.25. The van der Waals surface area contributed by atoms with Crippen LogP contribution >= 0.6 is 0 Å². The van der Waals surface area contributed by atoms with Crippen LogP contribution in [-0.4, -0.2) is 20.8 Å². The van der Waals surface area contributed by atoms with E-state index in [9.17, 15) is 9.18 Å². The van der Waals surface area contributed by atoms with Gasteiger partial charge in [-0.25, -0.2) is 14.4 Å². The van der Waals surface area contributed by atoms with Gasteiger partial charge in [-0.1, -0.05) is 0 Å². The Morgan fingerprint density at radius 3 is 2.68 bits per heavy atom. The summed E-state index contributed by atoms with van der Waals surface area (Å²) in [6.07, 6.45) is 2.00. The van der Waals surface area contributed by atoms with Gasteiger partial charge in [0.05, 0.1) is 30.9 Å². The number of amides is 1. The lowest BCUT2D eigenvalue weighted by atomic mass is 10.1. The van der Waals surface area contributed by atoms with Crippen LogP contribution in [0.15, 0.2) is 24.3 Å². The summed E-state index contributed by atoms with van der Waals surface area (Å²) in [4.78, 5) is 21.4. The maximum Gasteiger partial charge on any atom is 0.225 e. The molecule has 1 aliphatic heterocycles. The Hall–Kier alpha value is -3.01. The minimum absolute atomic E-state index is 0.0754. The monoisotopic (exact) mass is 297 g/mol. The molecule has 0 bridgehead atoms. The van der Waals surface area contributed by atoms with Gasteiger partial charge in [0.25, 0.3) is 0 Å². The van der Waals surface area contributed by atoms with Crippen molar-refractivity contribution >= 4 is 5.91 Å². The molecule has 110 valence electrons. The highest BCUT2D eigenvalue weighted by atomic mass is 19.1. The molecule has 0 radical (unpaired) electrons. The van der Waals surface area contributed by atoms with Gasteiger partial charge in [-0.2, -0.15) is 5.26 Å². The van der Waals surface area contributed by atoms with Crippen molar-refractivity contribution in [3.63, 3.8) is 0 Å². The van der Waals surface area contributed by atoms with Gasteiger partial charge in [0.15, 0.2) is 6.19 Å². The molecule has 2 heterocycles. The van der Waals surface area contributed by atoms with Crippen molar-refractivity contribution in [2.75, 3.05) is 0 Å². The largest absolute Gasteiger partial charge is 0.369 e. The molecule has 0 saturated heterocycles. The number of halogens is 1. The van der Waals surface area contributed by atoms with Gasteiger partial charge >= 0.3 is 0 Å². The van der Waals surface area contributed by atoms with E-state index in [1.165, 1.54) is 12.1 Å². The molecule has 0 atom stereocenters. The van der Waals surface area contributed by atoms with Gasteiger partial charge in [-0.05, 0) is 24.3 Å². The van der Waals surface area contributed by atoms with Crippen LogP contribution in [-0.2, 0) is 24.3 Å². The number of rotatable bonds is 3. The van der Waals surface area contributed by atoms with Crippen LogP contribution in [0.4, 0.5) is 4.39 Å². The molecule has 2 N–H and O–H groups in total. The fraction of sp³-hybridized carbons (Fsp3) is 0.200. The normalized spacial score (nSPS) is 12.8. The van der Waals surface area contributed by atoms with Gasteiger partial charge in [-0.15, -0.1) is 0 Å². The molecule has 22 heavy (non-hydrogen) atoms. The third kappa shape index (κ3) is 2.59. The number of primary amides is 1. The molecule has 0 unspecified atom stereocenters. The maximum absolute atomic E-state index is 13.1. The topological polar surface area (TPSA) is 95.9 Å². The first-order chi connectivity index (χ1) is 10.6. The molecule has 1 aromatic carbocycles. The number of nitrogens with two attached hydrogens (primary N) is 1. The molecule has 0 saturated carbocycles. The van der Waals surface area contributed by atoms with Gasteiger partial charge in [0, 0.05) is 11.1 Å². The molecule has 7 heteroatoms. The number of hydrogen-bond donors (Lipinski definition) is 1. The minimum atomic E-state index is -0.528. The van der Waals surface area contributed by atoms with E-state index in [1.54, 1.807) is 17.0 Å². The Balaban J connectivity index is 2.11. The Morgan fingerprint density at radius 2 is 2.05 bits per heavy atom. The molecular formula is C15H12FN5O. The van der Waals surface area contributed by atoms with Crippen LogP contribution in [0, 0.1) is 17.3 Å². The van der Waals surface area contributed by atoms with Crippen LogP contribution < -0.4 is 5.73 Å². The number of carbonyl (C=O) groups excluding carboxylic acids is 1. The van der Waals surface area contributed by atoms with E-state index in [1.807, 2.05) is 0 Å². The van der Waals surface area contributed by atoms with E-state index >= 15 is 0 Å². The fourth-order valence-electron chi connectivity index (χ4n) is 2.46. The summed E-state index contributed by atoms with van der Waals surface area (Å²) in [6, 6.07) is 5.91. The summed E-state index contributed by atoms with van der Waals surface area (Å²) in [5.74, 6) is -0.559. The Kier molecular flexibility index (Phi) is 3.43. The summed E-state index contributed by atoms with van der Waals surface area (Å²) in [5.41, 5.74) is 8.05. The van der Waals surface area contributed by atoms with Crippen molar-refractivity contribution in [3.05, 3.63) is 47.2 Å². The van der Waals surface area contributed by atoms with Crippen molar-refractivity contribution in [3.8, 4) is 17.5 Å². The van der Waals surface area contributed by atoms with E-state index in [-0.39, 0.29) is 12.2 Å². The Labute approximate surface area is 126 Å². The van der Waals surface area contributed by atoms with E-state index < -0.39 is 5.91 Å². The third-order valence-electron chi connectivity index (χ3n) is 3.42. The first-order valence-electron chi connectivity index (χ1n) is 6.64. The van der Waals surface area contributed by atoms with Crippen LogP contribution in [0.25, 0.3) is 11.3 Å². The van der Waals surface area contributed by atoms with Gasteiger partial charge in [0.1, 0.15) is 11.6 Å². The van der Waals surface area contributed by atoms with Crippen molar-refractivity contribution < 1.29 is 9.18 Å². The van der Waals surface area contributed by atoms with E-state index in [2.05, 4.69) is 16.2 Å². The van der Waals surface area contributed by atoms with E-state index in [0.29, 0.717) is 35.9 Å². The lowest BCUT2D eigenvalue weighted by Crippen LogP contribution is -2.17. The maximum atomic E-state index is 13.1. The van der Waals surface area contributed by atoms with Crippen molar-refractivity contribution in [2.45, 2.75) is 19.5 Å². The highest BCUT2D eigenvalue weighted by Crippen LogP contribution is 2.30. The SMILES string of the molecule is N#CN1Cc2nc(CC(N)=O)nc(-c3ccc(F)cc3)c2C1. The standard InChI is InChI=1S/C15H12FN5O/c16-10-3-1-9(2-4-10)15-11-6-21(8-17)7-12(11)19-14(20-15)5-13(18)22/h1-4H,5-7H2,(H2,18,22). The number of benzene rings is 1. The Morgan fingerprint density at radius 1 is 1.32 bits per heavy atom. The van der Waals surface area contributed by atoms with Crippen molar-refractivity contribution in [2.24, 2.45) is 5.73 Å². The third-order valence-corrected chi connectivity index (χ3v) is 3.42. The number of nitriles is 1. The predicted molar refractivity (Wildman–Crippen MR) is 75.2 cm³/mol. The van der Waals surface area contributed by atoms with Gasteiger partial charge in [0.2, 0.25) is 5.91 Å². The smallest absolute Gasteiger partial charge is 0.225 e. The molecule has 3 rings (SSSR count). The summed E-state index contributed by atoms with van der Waals surface area (Å²) in [6.45, 7) is 0.768.